The van der Waals surface area contributed by atoms with E-state index in [4.69, 9.17) is 4.74 Å². The summed E-state index contributed by atoms with van der Waals surface area (Å²) < 4.78 is 20.4. The Morgan fingerprint density at radius 3 is 2.72 bits per heavy atom. The minimum atomic E-state index is -0.352. The molecule has 1 aromatic heterocycles. The summed E-state index contributed by atoms with van der Waals surface area (Å²) in [5, 5.41) is 7.22. The average Bonchev–Trinajstić information content (AvgIpc) is 3.17. The van der Waals surface area contributed by atoms with Gasteiger partial charge in [0.25, 0.3) is 11.8 Å². The van der Waals surface area contributed by atoms with Crippen molar-refractivity contribution in [1.29, 1.82) is 0 Å². The Kier molecular flexibility index (Phi) is 6.49. The molecular weight excluding hydrogens is 411 g/mol. The van der Waals surface area contributed by atoms with Gasteiger partial charge in [0.1, 0.15) is 17.3 Å². The maximum absolute atomic E-state index is 13.2. The number of nitrogens with zero attached hydrogens (tertiary/aromatic N) is 3. The number of fused-ring (bicyclic) bond motifs is 1. The lowest BCUT2D eigenvalue weighted by atomic mass is 10.2. The van der Waals surface area contributed by atoms with Gasteiger partial charge in [-0.25, -0.2) is 4.39 Å². The Labute approximate surface area is 185 Å². The van der Waals surface area contributed by atoms with Crippen molar-refractivity contribution in [1.82, 2.24) is 20.0 Å². The standard InChI is InChI=1S/C24H25FN4O3/c1-2-32-22-7-4-3-6-18(22)15-26-23(30)20-14-21-24(31)28(12-5-13-29(21)27-20)16-17-8-10-19(25)11-9-17/h3-4,6-11,14H,2,5,12-13,15-16H2,1H3,(H,26,30). The third-order valence-corrected chi connectivity index (χ3v) is 5.32. The Morgan fingerprint density at radius 1 is 1.16 bits per heavy atom. The van der Waals surface area contributed by atoms with Crippen molar-refractivity contribution in [3.8, 4) is 5.75 Å². The molecule has 0 aliphatic carbocycles. The van der Waals surface area contributed by atoms with Crippen LogP contribution >= 0.6 is 0 Å². The van der Waals surface area contributed by atoms with Gasteiger partial charge >= 0.3 is 0 Å². The fourth-order valence-electron chi connectivity index (χ4n) is 3.72. The summed E-state index contributed by atoms with van der Waals surface area (Å²) in [6, 6.07) is 15.2. The van der Waals surface area contributed by atoms with Crippen LogP contribution in [0.2, 0.25) is 0 Å². The zero-order chi connectivity index (χ0) is 22.5. The van der Waals surface area contributed by atoms with E-state index in [2.05, 4.69) is 10.4 Å². The lowest BCUT2D eigenvalue weighted by Gasteiger charge is -2.20. The second-order valence-corrected chi connectivity index (χ2v) is 7.57. The molecule has 8 heteroatoms. The highest BCUT2D eigenvalue weighted by Crippen LogP contribution is 2.19. The van der Waals surface area contributed by atoms with E-state index >= 15 is 0 Å². The summed E-state index contributed by atoms with van der Waals surface area (Å²) in [5.74, 6) is -0.133. The van der Waals surface area contributed by atoms with Gasteiger partial charge in [0.2, 0.25) is 0 Å². The number of amides is 2. The molecule has 2 amide bonds. The Morgan fingerprint density at radius 2 is 1.94 bits per heavy atom. The number of rotatable bonds is 7. The molecule has 7 nitrogen and oxygen atoms in total. The lowest BCUT2D eigenvalue weighted by molar-refractivity contribution is 0.0745. The molecule has 0 spiro atoms. The molecule has 2 aromatic carbocycles. The number of halogens is 1. The molecule has 0 fully saturated rings. The Balaban J connectivity index is 1.46. The molecule has 1 aliphatic rings. The number of benzene rings is 2. The van der Waals surface area contributed by atoms with Gasteiger partial charge in [-0.2, -0.15) is 5.10 Å². The topological polar surface area (TPSA) is 76.5 Å². The van der Waals surface area contributed by atoms with Crippen molar-refractivity contribution in [3.63, 3.8) is 0 Å². The van der Waals surface area contributed by atoms with E-state index in [0.717, 1.165) is 16.9 Å². The van der Waals surface area contributed by atoms with Crippen LogP contribution in [0.5, 0.6) is 5.75 Å². The van der Waals surface area contributed by atoms with Crippen molar-refractivity contribution < 1.29 is 18.7 Å². The van der Waals surface area contributed by atoms with E-state index in [-0.39, 0.29) is 23.3 Å². The molecule has 3 aromatic rings. The van der Waals surface area contributed by atoms with Crippen molar-refractivity contribution in [2.24, 2.45) is 0 Å². The molecule has 1 aliphatic heterocycles. The first-order chi connectivity index (χ1) is 15.5. The summed E-state index contributed by atoms with van der Waals surface area (Å²) >= 11 is 0. The van der Waals surface area contributed by atoms with Crippen LogP contribution in [0.15, 0.2) is 54.6 Å². The number of para-hydroxylation sites is 1. The molecule has 4 rings (SSSR count). The molecular formula is C24H25FN4O3. The van der Waals surface area contributed by atoms with Gasteiger partial charge in [-0.3, -0.25) is 14.3 Å². The van der Waals surface area contributed by atoms with Gasteiger partial charge < -0.3 is 15.0 Å². The first-order valence-corrected chi connectivity index (χ1v) is 10.7. The largest absolute Gasteiger partial charge is 0.494 e. The molecule has 1 N–H and O–H groups in total. The highest BCUT2D eigenvalue weighted by atomic mass is 19.1. The fourth-order valence-corrected chi connectivity index (χ4v) is 3.72. The van der Waals surface area contributed by atoms with E-state index in [1.165, 1.54) is 18.2 Å². The molecule has 0 saturated heterocycles. The highest BCUT2D eigenvalue weighted by Gasteiger charge is 2.26. The van der Waals surface area contributed by atoms with E-state index in [9.17, 15) is 14.0 Å². The van der Waals surface area contributed by atoms with Crippen LogP contribution in [-0.4, -0.2) is 39.6 Å². The van der Waals surface area contributed by atoms with E-state index in [1.54, 1.807) is 21.7 Å². The third kappa shape index (κ3) is 4.80. The predicted octanol–water partition coefficient (Wildman–Crippen LogP) is 3.40. The minimum absolute atomic E-state index is 0.194. The second-order valence-electron chi connectivity index (χ2n) is 7.57. The van der Waals surface area contributed by atoms with Gasteiger partial charge in [-0.05, 0) is 37.1 Å². The van der Waals surface area contributed by atoms with Crippen LogP contribution in [0.3, 0.4) is 0 Å². The van der Waals surface area contributed by atoms with Crippen molar-refractivity contribution >= 4 is 11.8 Å². The zero-order valence-electron chi connectivity index (χ0n) is 17.9. The van der Waals surface area contributed by atoms with Crippen molar-refractivity contribution in [2.45, 2.75) is 33.0 Å². The first kappa shape index (κ1) is 21.5. The van der Waals surface area contributed by atoms with Gasteiger partial charge in [-0.15, -0.1) is 0 Å². The number of aryl methyl sites for hydroxylation is 1. The lowest BCUT2D eigenvalue weighted by Crippen LogP contribution is -2.30. The summed E-state index contributed by atoms with van der Waals surface area (Å²) in [6.07, 6.45) is 0.713. The third-order valence-electron chi connectivity index (χ3n) is 5.32. The molecule has 0 radical (unpaired) electrons. The number of hydrogen-bond donors (Lipinski definition) is 1. The molecule has 0 bridgehead atoms. The fraction of sp³-hybridized carbons (Fsp3) is 0.292. The maximum atomic E-state index is 13.2. The molecule has 0 saturated carbocycles. The van der Waals surface area contributed by atoms with E-state index in [0.29, 0.717) is 44.9 Å². The maximum Gasteiger partial charge on any atom is 0.272 e. The number of ether oxygens (including phenoxy) is 1. The number of carbonyl (C=O) groups excluding carboxylic acids is 2. The van der Waals surface area contributed by atoms with E-state index in [1.807, 2.05) is 31.2 Å². The molecule has 2 heterocycles. The molecule has 32 heavy (non-hydrogen) atoms. The normalized spacial score (nSPS) is 13.4. The Bertz CT molecular complexity index is 1110. The van der Waals surface area contributed by atoms with E-state index < -0.39 is 0 Å². The van der Waals surface area contributed by atoms with Crippen LogP contribution in [0, 0.1) is 5.82 Å². The predicted molar refractivity (Wildman–Crippen MR) is 117 cm³/mol. The molecule has 0 atom stereocenters. The molecule has 166 valence electrons. The first-order valence-electron chi connectivity index (χ1n) is 10.7. The van der Waals surface area contributed by atoms with Crippen molar-refractivity contribution in [2.75, 3.05) is 13.2 Å². The van der Waals surface area contributed by atoms with Gasteiger partial charge in [0.05, 0.1) is 6.61 Å². The van der Waals surface area contributed by atoms with Gasteiger partial charge in [0, 0.05) is 37.8 Å². The molecule has 0 unspecified atom stereocenters. The van der Waals surface area contributed by atoms with Gasteiger partial charge in [-0.1, -0.05) is 30.3 Å². The SMILES string of the molecule is CCOc1ccccc1CNC(=O)c1cc2n(n1)CCCN(Cc1ccc(F)cc1)C2=O. The summed E-state index contributed by atoms with van der Waals surface area (Å²) in [6.45, 7) is 4.22. The number of nitrogens with one attached hydrogen (secondary N) is 1. The van der Waals surface area contributed by atoms with Crippen LogP contribution in [0.25, 0.3) is 0 Å². The number of carbonyl (C=O) groups is 2. The van der Waals surface area contributed by atoms with Crippen molar-refractivity contribution in [3.05, 3.63) is 82.9 Å². The smallest absolute Gasteiger partial charge is 0.272 e. The summed E-state index contributed by atoms with van der Waals surface area (Å²) in [5.41, 5.74) is 2.29. The summed E-state index contributed by atoms with van der Waals surface area (Å²) in [4.78, 5) is 27.5. The van der Waals surface area contributed by atoms with Crippen LogP contribution < -0.4 is 10.1 Å². The number of hydrogen-bond acceptors (Lipinski definition) is 4. The zero-order valence-corrected chi connectivity index (χ0v) is 17.9. The summed E-state index contributed by atoms with van der Waals surface area (Å²) in [7, 11) is 0. The number of aromatic nitrogens is 2. The Hall–Kier alpha value is -3.68. The van der Waals surface area contributed by atoms with Gasteiger partial charge in [0.15, 0.2) is 5.69 Å². The highest BCUT2D eigenvalue weighted by molar-refractivity contribution is 5.98. The second kappa shape index (κ2) is 9.64. The minimum Gasteiger partial charge on any atom is -0.494 e. The van der Waals surface area contributed by atoms with Crippen LogP contribution in [0.1, 0.15) is 45.4 Å². The monoisotopic (exact) mass is 436 g/mol. The quantitative estimate of drug-likeness (QED) is 0.616. The van der Waals surface area contributed by atoms with Crippen LogP contribution in [-0.2, 0) is 19.6 Å². The average molecular weight is 436 g/mol. The van der Waals surface area contributed by atoms with Crippen LogP contribution in [0.4, 0.5) is 4.39 Å².